The highest BCUT2D eigenvalue weighted by Gasteiger charge is 2.17. The fourth-order valence-corrected chi connectivity index (χ4v) is 2.75. The minimum atomic E-state index is 0.923. The summed E-state index contributed by atoms with van der Waals surface area (Å²) in [6.45, 7) is 0. The zero-order chi connectivity index (χ0) is 14.7. The van der Waals surface area contributed by atoms with Crippen LogP contribution < -0.4 is 9.75 Å². The molecule has 0 N–H and O–H groups in total. The van der Waals surface area contributed by atoms with Gasteiger partial charge in [-0.2, -0.15) is 5.10 Å². The van der Waals surface area contributed by atoms with Gasteiger partial charge in [-0.25, -0.2) is 0 Å². The van der Waals surface area contributed by atoms with Crippen LogP contribution in [0.25, 0.3) is 0 Å². The van der Waals surface area contributed by atoms with Gasteiger partial charge in [-0.3, -0.25) is 5.01 Å². The third-order valence-electron chi connectivity index (χ3n) is 3.88. The van der Waals surface area contributed by atoms with Gasteiger partial charge >= 0.3 is 0 Å². The SMILES string of the molecule is COc1ccc2c(c1)CCC/C2=N/N(C)c1ccccc1. The molecular weight excluding hydrogens is 260 g/mol. The summed E-state index contributed by atoms with van der Waals surface area (Å²) in [6.07, 6.45) is 3.26. The molecular formula is C18H20N2O. The second-order valence-corrected chi connectivity index (χ2v) is 5.28. The normalized spacial score (nSPS) is 15.6. The molecule has 0 fully saturated rings. The summed E-state index contributed by atoms with van der Waals surface area (Å²) in [5.74, 6) is 0.923. The highest BCUT2D eigenvalue weighted by atomic mass is 16.5. The first kappa shape index (κ1) is 13.7. The molecule has 2 aromatic rings. The number of rotatable bonds is 3. The van der Waals surface area contributed by atoms with Gasteiger partial charge in [-0.15, -0.1) is 0 Å². The van der Waals surface area contributed by atoms with Crippen molar-refractivity contribution in [2.75, 3.05) is 19.2 Å². The Morgan fingerprint density at radius 2 is 1.86 bits per heavy atom. The first-order valence-corrected chi connectivity index (χ1v) is 7.31. The van der Waals surface area contributed by atoms with Crippen LogP contribution in [0, 0.1) is 0 Å². The number of anilines is 1. The highest BCUT2D eigenvalue weighted by Crippen LogP contribution is 2.26. The fraction of sp³-hybridized carbons (Fsp3) is 0.278. The van der Waals surface area contributed by atoms with Gasteiger partial charge in [0.25, 0.3) is 0 Å². The monoisotopic (exact) mass is 280 g/mol. The second kappa shape index (κ2) is 6.00. The lowest BCUT2D eigenvalue weighted by Crippen LogP contribution is -2.18. The van der Waals surface area contributed by atoms with Crippen molar-refractivity contribution >= 4 is 11.4 Å². The predicted octanol–water partition coefficient (Wildman–Crippen LogP) is 3.87. The number of fused-ring (bicyclic) bond motifs is 1. The molecule has 0 unspecified atom stereocenters. The minimum Gasteiger partial charge on any atom is -0.497 e. The van der Waals surface area contributed by atoms with Crippen molar-refractivity contribution in [3.63, 3.8) is 0 Å². The number of hydrazone groups is 1. The molecule has 1 aliphatic rings. The molecule has 0 amide bonds. The zero-order valence-corrected chi connectivity index (χ0v) is 12.5. The van der Waals surface area contributed by atoms with Crippen molar-refractivity contribution < 1.29 is 4.74 Å². The Morgan fingerprint density at radius 3 is 2.62 bits per heavy atom. The maximum atomic E-state index is 5.32. The molecule has 21 heavy (non-hydrogen) atoms. The molecule has 0 saturated carbocycles. The van der Waals surface area contributed by atoms with Crippen molar-refractivity contribution in [3.05, 3.63) is 59.7 Å². The van der Waals surface area contributed by atoms with E-state index in [-0.39, 0.29) is 0 Å². The molecule has 0 heterocycles. The first-order valence-electron chi connectivity index (χ1n) is 7.31. The van der Waals surface area contributed by atoms with Crippen LogP contribution in [-0.2, 0) is 6.42 Å². The predicted molar refractivity (Wildman–Crippen MR) is 87.3 cm³/mol. The Kier molecular flexibility index (Phi) is 3.91. The number of nitrogens with zero attached hydrogens (tertiary/aromatic N) is 2. The molecule has 0 saturated heterocycles. The van der Waals surface area contributed by atoms with Crippen LogP contribution in [0.1, 0.15) is 24.0 Å². The lowest BCUT2D eigenvalue weighted by atomic mass is 9.90. The lowest BCUT2D eigenvalue weighted by Gasteiger charge is -2.21. The third-order valence-corrected chi connectivity index (χ3v) is 3.88. The fourth-order valence-electron chi connectivity index (χ4n) is 2.75. The van der Waals surface area contributed by atoms with E-state index in [1.54, 1.807) is 7.11 Å². The molecule has 108 valence electrons. The van der Waals surface area contributed by atoms with Crippen molar-refractivity contribution in [2.24, 2.45) is 5.10 Å². The molecule has 0 aliphatic heterocycles. The summed E-state index contributed by atoms with van der Waals surface area (Å²) in [5, 5.41) is 6.77. The Labute approximate surface area is 125 Å². The van der Waals surface area contributed by atoms with E-state index in [1.165, 1.54) is 11.1 Å². The van der Waals surface area contributed by atoms with E-state index in [0.29, 0.717) is 0 Å². The van der Waals surface area contributed by atoms with Gasteiger partial charge in [0.05, 0.1) is 18.5 Å². The molecule has 1 aliphatic carbocycles. The molecule has 0 bridgehead atoms. The van der Waals surface area contributed by atoms with Gasteiger partial charge in [-0.05, 0) is 55.2 Å². The number of para-hydroxylation sites is 1. The number of hydrogen-bond acceptors (Lipinski definition) is 3. The average molecular weight is 280 g/mol. The summed E-state index contributed by atoms with van der Waals surface area (Å²) in [5.41, 5.74) is 4.85. The maximum Gasteiger partial charge on any atom is 0.119 e. The Morgan fingerprint density at radius 1 is 1.05 bits per heavy atom. The molecule has 0 atom stereocenters. The van der Waals surface area contributed by atoms with Crippen molar-refractivity contribution in [3.8, 4) is 5.75 Å². The van der Waals surface area contributed by atoms with E-state index in [2.05, 4.69) is 24.3 Å². The van der Waals surface area contributed by atoms with Crippen LogP contribution in [0.5, 0.6) is 5.75 Å². The Balaban J connectivity index is 1.92. The molecule has 0 radical (unpaired) electrons. The number of hydrogen-bond donors (Lipinski definition) is 0. The molecule has 0 aromatic heterocycles. The van der Waals surface area contributed by atoms with E-state index in [1.807, 2.05) is 36.3 Å². The summed E-state index contributed by atoms with van der Waals surface area (Å²) in [4.78, 5) is 0. The average Bonchev–Trinajstić information content (AvgIpc) is 2.55. The molecule has 3 rings (SSSR count). The summed E-state index contributed by atoms with van der Waals surface area (Å²) in [6, 6.07) is 16.5. The quantitative estimate of drug-likeness (QED) is 0.797. The Bertz CT molecular complexity index is 650. The summed E-state index contributed by atoms with van der Waals surface area (Å²) < 4.78 is 5.32. The van der Waals surface area contributed by atoms with E-state index in [9.17, 15) is 0 Å². The van der Waals surface area contributed by atoms with E-state index in [0.717, 1.165) is 36.4 Å². The van der Waals surface area contributed by atoms with Crippen LogP contribution in [-0.4, -0.2) is 19.9 Å². The van der Waals surface area contributed by atoms with Crippen molar-refractivity contribution in [1.29, 1.82) is 0 Å². The first-order chi connectivity index (χ1) is 10.3. The van der Waals surface area contributed by atoms with Crippen molar-refractivity contribution in [2.45, 2.75) is 19.3 Å². The largest absolute Gasteiger partial charge is 0.497 e. The van der Waals surface area contributed by atoms with Crippen LogP contribution in [0.15, 0.2) is 53.6 Å². The van der Waals surface area contributed by atoms with Crippen LogP contribution in [0.2, 0.25) is 0 Å². The van der Waals surface area contributed by atoms with Gasteiger partial charge < -0.3 is 4.74 Å². The number of benzene rings is 2. The topological polar surface area (TPSA) is 24.8 Å². The molecule has 2 aromatic carbocycles. The van der Waals surface area contributed by atoms with Gasteiger partial charge in [0.2, 0.25) is 0 Å². The van der Waals surface area contributed by atoms with Crippen molar-refractivity contribution in [1.82, 2.24) is 0 Å². The lowest BCUT2D eigenvalue weighted by molar-refractivity contribution is 0.414. The number of methoxy groups -OCH3 is 1. The highest BCUT2D eigenvalue weighted by molar-refractivity contribution is 6.03. The smallest absolute Gasteiger partial charge is 0.119 e. The van der Waals surface area contributed by atoms with Gasteiger partial charge in [-0.1, -0.05) is 18.2 Å². The van der Waals surface area contributed by atoms with Gasteiger partial charge in [0, 0.05) is 12.6 Å². The van der Waals surface area contributed by atoms with Crippen LogP contribution in [0.3, 0.4) is 0 Å². The molecule has 0 spiro atoms. The van der Waals surface area contributed by atoms with Gasteiger partial charge in [0.15, 0.2) is 0 Å². The Hall–Kier alpha value is -2.29. The number of ether oxygens (including phenoxy) is 1. The van der Waals surface area contributed by atoms with E-state index < -0.39 is 0 Å². The van der Waals surface area contributed by atoms with Crippen LogP contribution in [0.4, 0.5) is 5.69 Å². The van der Waals surface area contributed by atoms with Crippen LogP contribution >= 0.6 is 0 Å². The van der Waals surface area contributed by atoms with Gasteiger partial charge in [0.1, 0.15) is 5.75 Å². The number of aryl methyl sites for hydroxylation is 1. The maximum absolute atomic E-state index is 5.32. The van der Waals surface area contributed by atoms with E-state index in [4.69, 9.17) is 9.84 Å². The summed E-state index contributed by atoms with van der Waals surface area (Å²) >= 11 is 0. The van der Waals surface area contributed by atoms with E-state index >= 15 is 0 Å². The third kappa shape index (κ3) is 2.92. The second-order valence-electron chi connectivity index (χ2n) is 5.28. The molecule has 3 nitrogen and oxygen atoms in total. The zero-order valence-electron chi connectivity index (χ0n) is 12.5. The summed E-state index contributed by atoms with van der Waals surface area (Å²) in [7, 11) is 3.71. The minimum absolute atomic E-state index is 0.923. The standard InChI is InChI=1S/C18H20N2O/c1-20(15-8-4-3-5-9-15)19-18-10-6-7-14-13-16(21-2)11-12-17(14)18/h3-5,8-9,11-13H,6-7,10H2,1-2H3/b19-18-. The molecule has 3 heteroatoms.